The third-order valence-electron chi connectivity index (χ3n) is 0.896. The normalized spacial score (nSPS) is 8.62. The molecule has 70 valence electrons. The van der Waals surface area contributed by atoms with Crippen LogP contribution >= 0.6 is 9.39 Å². The zero-order valence-corrected chi connectivity index (χ0v) is 13.3. The molecule has 9 heteroatoms. The Bertz CT molecular complexity index is 177. The van der Waals surface area contributed by atoms with Gasteiger partial charge in [-0.1, -0.05) is 0 Å². The molecule has 0 rings (SSSR count). The van der Waals surface area contributed by atoms with Crippen LogP contribution in [0.4, 0.5) is 0 Å². The first-order valence-electron chi connectivity index (χ1n) is 2.54. The Hall–Kier alpha value is 1.13. The molecule has 13 heavy (non-hydrogen) atoms. The Labute approximate surface area is 126 Å². The molecule has 0 aromatic heterocycles. The first-order valence-corrected chi connectivity index (χ1v) is 3.06. The van der Waals surface area contributed by atoms with Gasteiger partial charge in [0, 0.05) is 7.05 Å². The van der Waals surface area contributed by atoms with E-state index in [4.69, 9.17) is 10.8 Å². The van der Waals surface area contributed by atoms with E-state index in [0.717, 1.165) is 0 Å². The first-order chi connectivity index (χ1) is 4.57. The van der Waals surface area contributed by atoms with E-state index in [2.05, 4.69) is 14.2 Å². The van der Waals surface area contributed by atoms with E-state index in [9.17, 15) is 4.79 Å². The van der Waals surface area contributed by atoms with Crippen molar-refractivity contribution >= 4 is 21.3 Å². The zero-order valence-electron chi connectivity index (χ0n) is 10.1. The summed E-state index contributed by atoms with van der Waals surface area (Å²) in [6.07, 6.45) is 0. The molecule has 1 unspecified atom stereocenters. The molecular formula is C4H14N3Na2O3P. The summed E-state index contributed by atoms with van der Waals surface area (Å²) in [4.78, 5) is 11.4. The third-order valence-corrected chi connectivity index (χ3v) is 1.16. The van der Waals surface area contributed by atoms with E-state index in [1.165, 1.54) is 4.90 Å². The topological polar surface area (TPSA) is 110 Å². The number of likely N-dealkylation sites (N-methyl/N-ethyl adjacent to an activating group) is 1. The zero-order chi connectivity index (χ0) is 8.15. The molecule has 1 atom stereocenters. The Balaban J connectivity index is -0.0000000405. The van der Waals surface area contributed by atoms with Gasteiger partial charge in [0.25, 0.3) is 0 Å². The molecule has 0 aliphatic carbocycles. The second-order valence-electron chi connectivity index (χ2n) is 1.74. The monoisotopic (exact) mass is 229 g/mol. The van der Waals surface area contributed by atoms with Crippen LogP contribution in [0.5, 0.6) is 0 Å². The van der Waals surface area contributed by atoms with E-state index in [1.54, 1.807) is 7.05 Å². The predicted octanol–water partition coefficient (Wildman–Crippen LogP) is -7.48. The number of hydrogen-bond acceptors (Lipinski definition) is 2. The fraction of sp³-hybridized carbons (Fsp3) is 0.500. The van der Waals surface area contributed by atoms with Crippen molar-refractivity contribution in [3.8, 4) is 0 Å². The fourth-order valence-electron chi connectivity index (χ4n) is 0.382. The predicted molar refractivity (Wildman–Crippen MR) is 47.4 cm³/mol. The number of hydrogen-bond donors (Lipinski definition) is 2. The molecule has 0 aliphatic rings. The van der Waals surface area contributed by atoms with Crippen LogP contribution in [-0.2, 0) is 4.79 Å². The Morgan fingerprint density at radius 3 is 2.31 bits per heavy atom. The van der Waals surface area contributed by atoms with Crippen molar-refractivity contribution in [2.75, 3.05) is 13.6 Å². The van der Waals surface area contributed by atoms with Gasteiger partial charge in [-0.05, 0) is 9.39 Å². The smallest absolute Gasteiger partial charge is 1.00 e. The van der Waals surface area contributed by atoms with Crippen LogP contribution in [0.1, 0.15) is 2.85 Å². The number of nitrogens with zero attached hydrogens (tertiary/aromatic N) is 2. The average Bonchev–Trinajstić information content (AvgIpc) is 1.85. The summed E-state index contributed by atoms with van der Waals surface area (Å²) < 4.78 is 3.52. The number of carboxylic acids is 1. The summed E-state index contributed by atoms with van der Waals surface area (Å²) in [5.41, 5.74) is 5.26. The summed E-state index contributed by atoms with van der Waals surface area (Å²) in [6.45, 7) is -0.135. The van der Waals surface area contributed by atoms with Crippen molar-refractivity contribution in [1.82, 2.24) is 4.90 Å². The summed E-state index contributed by atoms with van der Waals surface area (Å²) in [7, 11) is 3.61. The SMILES string of the molecule is CN(CC(=O)O)C(N)=NP.O.[H-].[H-].[Na+].[Na+]. The fourth-order valence-corrected chi connectivity index (χ4v) is 0.580. The van der Waals surface area contributed by atoms with Gasteiger partial charge in [-0.25, -0.2) is 4.76 Å². The van der Waals surface area contributed by atoms with Crippen LogP contribution in [0.3, 0.4) is 0 Å². The summed E-state index contributed by atoms with van der Waals surface area (Å²) >= 11 is 0. The standard InChI is InChI=1S/C4H10N3O2P.2Na.H2O.2H/c1-7(2-3(8)9)4(5)6-10;;;;;/h2,10H2,1H3,(H2,5,6)(H,8,9);;;1H2;;/q;2*+1;;2*-1. The molecule has 0 fully saturated rings. The van der Waals surface area contributed by atoms with E-state index in [0.29, 0.717) is 0 Å². The van der Waals surface area contributed by atoms with Crippen LogP contribution in [0.15, 0.2) is 4.76 Å². The summed E-state index contributed by atoms with van der Waals surface area (Å²) in [5.74, 6) is -0.744. The molecule has 5 N–H and O–H groups in total. The minimum Gasteiger partial charge on any atom is -1.00 e. The van der Waals surface area contributed by atoms with E-state index in [-0.39, 0.29) is 79.9 Å². The van der Waals surface area contributed by atoms with Gasteiger partial charge in [-0.3, -0.25) is 4.79 Å². The van der Waals surface area contributed by atoms with Gasteiger partial charge in [-0.2, -0.15) is 0 Å². The van der Waals surface area contributed by atoms with Crippen LogP contribution < -0.4 is 64.8 Å². The maximum Gasteiger partial charge on any atom is 1.00 e. The maximum absolute atomic E-state index is 10.1. The molecule has 0 amide bonds. The molecule has 0 radical (unpaired) electrons. The number of carboxylic acid groups (broad SMARTS) is 1. The van der Waals surface area contributed by atoms with Crippen LogP contribution in [0, 0.1) is 0 Å². The van der Waals surface area contributed by atoms with Crippen molar-refractivity contribution < 1.29 is 77.3 Å². The summed E-state index contributed by atoms with van der Waals surface area (Å²) in [6, 6.07) is 0. The van der Waals surface area contributed by atoms with Gasteiger partial charge >= 0.3 is 65.1 Å². The van der Waals surface area contributed by atoms with Crippen LogP contribution in [0.25, 0.3) is 0 Å². The van der Waals surface area contributed by atoms with Crippen molar-refractivity contribution in [2.45, 2.75) is 0 Å². The average molecular weight is 229 g/mol. The Kier molecular flexibility index (Phi) is 24.0. The van der Waals surface area contributed by atoms with Gasteiger partial charge in [0.2, 0.25) is 0 Å². The first kappa shape index (κ1) is 23.7. The third kappa shape index (κ3) is 13.1. The molecular weight excluding hydrogens is 215 g/mol. The number of nitrogens with two attached hydrogens (primary N) is 1. The van der Waals surface area contributed by atoms with E-state index in [1.807, 2.05) is 0 Å². The molecule has 0 aliphatic heterocycles. The molecule has 0 aromatic carbocycles. The largest absolute Gasteiger partial charge is 1.00 e. The molecule has 0 heterocycles. The van der Waals surface area contributed by atoms with Gasteiger partial charge in [-0.15, -0.1) is 0 Å². The molecule has 0 saturated carbocycles. The van der Waals surface area contributed by atoms with Crippen molar-refractivity contribution in [1.29, 1.82) is 0 Å². The van der Waals surface area contributed by atoms with Crippen molar-refractivity contribution in [3.63, 3.8) is 0 Å². The molecule has 0 aromatic rings. The maximum atomic E-state index is 10.1. The van der Waals surface area contributed by atoms with Crippen LogP contribution in [0.2, 0.25) is 0 Å². The molecule has 0 bridgehead atoms. The minimum atomic E-state index is -0.931. The Morgan fingerprint density at radius 1 is 1.69 bits per heavy atom. The number of guanidine groups is 1. The Morgan fingerprint density at radius 2 is 2.08 bits per heavy atom. The summed E-state index contributed by atoms with van der Waals surface area (Å²) in [5, 5.41) is 8.27. The van der Waals surface area contributed by atoms with Gasteiger partial charge < -0.3 is 24.1 Å². The molecule has 0 spiro atoms. The van der Waals surface area contributed by atoms with Gasteiger partial charge in [0.05, 0.1) is 0 Å². The second kappa shape index (κ2) is 13.1. The van der Waals surface area contributed by atoms with Crippen molar-refractivity contribution in [3.05, 3.63) is 0 Å². The minimum absolute atomic E-state index is 0. The van der Waals surface area contributed by atoms with Crippen molar-refractivity contribution in [2.24, 2.45) is 10.5 Å². The number of aliphatic carboxylic acids is 1. The van der Waals surface area contributed by atoms with Crippen LogP contribution in [-0.4, -0.2) is 41.0 Å². The van der Waals surface area contributed by atoms with Gasteiger partial charge in [0.1, 0.15) is 6.54 Å². The van der Waals surface area contributed by atoms with Gasteiger partial charge in [0.15, 0.2) is 5.96 Å². The number of carbonyl (C=O) groups is 1. The van der Waals surface area contributed by atoms with E-state index < -0.39 is 5.97 Å². The van der Waals surface area contributed by atoms with E-state index >= 15 is 0 Å². The molecule has 6 nitrogen and oxygen atoms in total. The number of rotatable bonds is 2. The second-order valence-corrected chi connectivity index (χ2v) is 2.00. The quantitative estimate of drug-likeness (QED) is 0.212. The molecule has 0 saturated heterocycles.